The van der Waals surface area contributed by atoms with Crippen LogP contribution in [0.1, 0.15) is 56.7 Å². The topological polar surface area (TPSA) is 52.6 Å². The van der Waals surface area contributed by atoms with Gasteiger partial charge in [-0.05, 0) is 66.6 Å². The zero-order chi connectivity index (χ0) is 21.5. The van der Waals surface area contributed by atoms with Crippen LogP contribution in [0.4, 0.5) is 0 Å². The molecule has 31 heavy (non-hydrogen) atoms. The fourth-order valence-electron chi connectivity index (χ4n) is 3.86. The standard InChI is InChI=1S/C27H26O4/c28-25-15-7-13-22-18-26(31-19-20-9-3-1-4-10-20)23(17-24(22)25)14-8-16-30-27(29)21-11-5-2-6-12-21/h1-6,9-12,17-18H,7-8,13-16,19H2. The van der Waals surface area contributed by atoms with Crippen LogP contribution in [0.5, 0.6) is 5.75 Å². The summed E-state index contributed by atoms with van der Waals surface area (Å²) in [6.45, 7) is 0.792. The molecule has 0 aliphatic heterocycles. The molecule has 0 N–H and O–H groups in total. The number of carbonyl (C=O) groups is 2. The van der Waals surface area contributed by atoms with Crippen molar-refractivity contribution in [1.82, 2.24) is 0 Å². The van der Waals surface area contributed by atoms with E-state index < -0.39 is 0 Å². The first kappa shape index (κ1) is 20.9. The molecule has 0 radical (unpaired) electrons. The zero-order valence-corrected chi connectivity index (χ0v) is 17.5. The van der Waals surface area contributed by atoms with Gasteiger partial charge in [0.1, 0.15) is 12.4 Å². The molecule has 158 valence electrons. The second-order valence-corrected chi connectivity index (χ2v) is 7.77. The fourth-order valence-corrected chi connectivity index (χ4v) is 3.86. The molecule has 1 aliphatic rings. The number of aryl methyl sites for hydroxylation is 2. The molecule has 0 saturated carbocycles. The Hall–Kier alpha value is -3.40. The molecular weight excluding hydrogens is 388 g/mol. The normalized spacial score (nSPS) is 12.8. The van der Waals surface area contributed by atoms with Gasteiger partial charge in [0, 0.05) is 12.0 Å². The van der Waals surface area contributed by atoms with Crippen LogP contribution in [0, 0.1) is 0 Å². The average Bonchev–Trinajstić information content (AvgIpc) is 2.82. The number of benzene rings is 3. The van der Waals surface area contributed by atoms with Crippen molar-refractivity contribution in [3.05, 3.63) is 101 Å². The lowest BCUT2D eigenvalue weighted by Crippen LogP contribution is -2.13. The number of esters is 1. The molecule has 4 heteroatoms. The van der Waals surface area contributed by atoms with Gasteiger partial charge in [-0.1, -0.05) is 48.5 Å². The Morgan fingerprint density at radius 3 is 2.42 bits per heavy atom. The minimum absolute atomic E-state index is 0.201. The Morgan fingerprint density at radius 2 is 1.65 bits per heavy atom. The van der Waals surface area contributed by atoms with E-state index in [9.17, 15) is 9.59 Å². The van der Waals surface area contributed by atoms with Crippen LogP contribution in [0.3, 0.4) is 0 Å². The fraction of sp³-hybridized carbons (Fsp3) is 0.259. The quantitative estimate of drug-likeness (QED) is 0.357. The summed E-state index contributed by atoms with van der Waals surface area (Å²) >= 11 is 0. The van der Waals surface area contributed by atoms with Crippen LogP contribution in [0.25, 0.3) is 0 Å². The van der Waals surface area contributed by atoms with E-state index >= 15 is 0 Å². The number of rotatable bonds is 8. The predicted molar refractivity (Wildman–Crippen MR) is 120 cm³/mol. The van der Waals surface area contributed by atoms with E-state index in [0.717, 1.165) is 40.8 Å². The number of ketones is 1. The molecule has 3 aromatic rings. The summed E-state index contributed by atoms with van der Waals surface area (Å²) in [5.41, 5.74) is 4.52. The van der Waals surface area contributed by atoms with E-state index in [4.69, 9.17) is 9.47 Å². The van der Waals surface area contributed by atoms with E-state index in [0.29, 0.717) is 38.0 Å². The van der Waals surface area contributed by atoms with Gasteiger partial charge >= 0.3 is 5.97 Å². The Labute approximate surface area is 182 Å². The first-order chi connectivity index (χ1) is 15.2. The molecule has 0 saturated heterocycles. The van der Waals surface area contributed by atoms with Gasteiger partial charge < -0.3 is 9.47 Å². The minimum atomic E-state index is -0.318. The largest absolute Gasteiger partial charge is 0.489 e. The van der Waals surface area contributed by atoms with Crippen LogP contribution in [0.2, 0.25) is 0 Å². The highest BCUT2D eigenvalue weighted by Crippen LogP contribution is 2.30. The third-order valence-electron chi connectivity index (χ3n) is 5.51. The third-order valence-corrected chi connectivity index (χ3v) is 5.51. The van der Waals surface area contributed by atoms with Crippen molar-refractivity contribution in [3.63, 3.8) is 0 Å². The van der Waals surface area contributed by atoms with Crippen molar-refractivity contribution in [2.45, 2.75) is 38.7 Å². The summed E-state index contributed by atoms with van der Waals surface area (Å²) in [7, 11) is 0. The molecule has 0 heterocycles. The van der Waals surface area contributed by atoms with Crippen LogP contribution in [0.15, 0.2) is 72.8 Å². The SMILES string of the molecule is O=C(OCCCc1cc2c(cc1OCc1ccccc1)CCCC2=O)c1ccccc1. The van der Waals surface area contributed by atoms with Crippen LogP contribution in [-0.4, -0.2) is 18.4 Å². The Kier molecular flexibility index (Phi) is 6.78. The smallest absolute Gasteiger partial charge is 0.338 e. The van der Waals surface area contributed by atoms with Gasteiger partial charge in [0.05, 0.1) is 12.2 Å². The summed E-state index contributed by atoms with van der Waals surface area (Å²) in [6.07, 6.45) is 3.72. The Bertz CT molecular complexity index is 1040. The van der Waals surface area contributed by atoms with Crippen molar-refractivity contribution in [2.75, 3.05) is 6.61 Å². The molecule has 0 spiro atoms. The number of hydrogen-bond acceptors (Lipinski definition) is 4. The van der Waals surface area contributed by atoms with E-state index in [-0.39, 0.29) is 11.8 Å². The first-order valence-corrected chi connectivity index (χ1v) is 10.8. The second-order valence-electron chi connectivity index (χ2n) is 7.77. The van der Waals surface area contributed by atoms with Crippen molar-refractivity contribution < 1.29 is 19.1 Å². The van der Waals surface area contributed by atoms with Gasteiger partial charge in [0.2, 0.25) is 0 Å². The maximum Gasteiger partial charge on any atom is 0.338 e. The molecule has 0 unspecified atom stereocenters. The molecule has 1 aliphatic carbocycles. The summed E-state index contributed by atoms with van der Waals surface area (Å²) in [5, 5.41) is 0. The molecule has 0 aromatic heterocycles. The van der Waals surface area contributed by atoms with Gasteiger partial charge in [-0.15, -0.1) is 0 Å². The molecule has 0 bridgehead atoms. The second kappa shape index (κ2) is 10.1. The molecular formula is C27H26O4. The molecule has 0 atom stereocenters. The van der Waals surface area contributed by atoms with Crippen LogP contribution >= 0.6 is 0 Å². The Morgan fingerprint density at radius 1 is 0.903 bits per heavy atom. The molecule has 0 fully saturated rings. The number of carbonyl (C=O) groups excluding carboxylic acids is 2. The lowest BCUT2D eigenvalue weighted by atomic mass is 9.88. The third kappa shape index (κ3) is 5.40. The summed E-state index contributed by atoms with van der Waals surface area (Å²) in [4.78, 5) is 24.5. The maximum atomic E-state index is 12.4. The zero-order valence-electron chi connectivity index (χ0n) is 17.5. The van der Waals surface area contributed by atoms with Gasteiger partial charge in [-0.3, -0.25) is 4.79 Å². The number of hydrogen-bond donors (Lipinski definition) is 0. The van der Waals surface area contributed by atoms with Crippen molar-refractivity contribution in [2.24, 2.45) is 0 Å². The summed E-state index contributed by atoms with van der Waals surface area (Å²) < 4.78 is 11.6. The lowest BCUT2D eigenvalue weighted by molar-refractivity contribution is 0.0500. The van der Waals surface area contributed by atoms with Crippen molar-refractivity contribution in [3.8, 4) is 5.75 Å². The Balaban J connectivity index is 1.43. The maximum absolute atomic E-state index is 12.4. The van der Waals surface area contributed by atoms with Crippen LogP contribution in [-0.2, 0) is 24.2 Å². The highest BCUT2D eigenvalue weighted by molar-refractivity contribution is 5.98. The molecule has 4 rings (SSSR count). The highest BCUT2D eigenvalue weighted by Gasteiger charge is 2.20. The number of Topliss-reactive ketones (excluding diaryl/α,β-unsaturated/α-hetero) is 1. The van der Waals surface area contributed by atoms with Crippen LogP contribution < -0.4 is 4.74 Å². The average molecular weight is 415 g/mol. The highest BCUT2D eigenvalue weighted by atomic mass is 16.5. The van der Waals surface area contributed by atoms with Crippen molar-refractivity contribution in [1.29, 1.82) is 0 Å². The van der Waals surface area contributed by atoms with Gasteiger partial charge in [-0.25, -0.2) is 4.79 Å². The lowest BCUT2D eigenvalue weighted by Gasteiger charge is -2.19. The van der Waals surface area contributed by atoms with E-state index in [1.807, 2.05) is 60.7 Å². The first-order valence-electron chi connectivity index (χ1n) is 10.8. The molecule has 4 nitrogen and oxygen atoms in total. The van der Waals surface area contributed by atoms with E-state index in [1.54, 1.807) is 12.1 Å². The van der Waals surface area contributed by atoms with Gasteiger partial charge in [0.15, 0.2) is 5.78 Å². The predicted octanol–water partition coefficient (Wildman–Crippen LogP) is 5.57. The van der Waals surface area contributed by atoms with E-state index in [2.05, 4.69) is 0 Å². The molecule has 3 aromatic carbocycles. The minimum Gasteiger partial charge on any atom is -0.489 e. The molecule has 0 amide bonds. The number of fused-ring (bicyclic) bond motifs is 1. The summed E-state index contributed by atoms with van der Waals surface area (Å²) in [5.74, 6) is 0.695. The van der Waals surface area contributed by atoms with E-state index in [1.165, 1.54) is 0 Å². The van der Waals surface area contributed by atoms with Gasteiger partial charge in [0.25, 0.3) is 0 Å². The monoisotopic (exact) mass is 414 g/mol. The van der Waals surface area contributed by atoms with Gasteiger partial charge in [-0.2, -0.15) is 0 Å². The number of ether oxygens (including phenoxy) is 2. The van der Waals surface area contributed by atoms with Crippen molar-refractivity contribution >= 4 is 11.8 Å². The summed E-state index contributed by atoms with van der Waals surface area (Å²) in [6, 6.07) is 23.0.